The smallest absolute Gasteiger partial charge is 0.0972 e. The summed E-state index contributed by atoms with van der Waals surface area (Å²) in [6, 6.07) is 31.6. The first-order valence-corrected chi connectivity index (χ1v) is 11.1. The molecule has 0 aliphatic carbocycles. The minimum Gasteiger partial charge on any atom is -0.246 e. The molecule has 0 aromatic heterocycles. The van der Waals surface area contributed by atoms with Gasteiger partial charge in [-0.15, -0.1) is 0 Å². The zero-order valence-electron chi connectivity index (χ0n) is 17.9. The second-order valence-electron chi connectivity index (χ2n) is 7.51. The lowest BCUT2D eigenvalue weighted by Crippen LogP contribution is -2.17. The summed E-state index contributed by atoms with van der Waals surface area (Å²) in [5.41, 5.74) is 7.15. The van der Waals surface area contributed by atoms with Crippen molar-refractivity contribution in [2.75, 3.05) is 0 Å². The second-order valence-corrected chi connectivity index (χ2v) is 8.39. The lowest BCUT2D eigenvalue weighted by molar-refractivity contribution is 1.38. The van der Waals surface area contributed by atoms with Gasteiger partial charge in [0, 0.05) is 21.2 Å². The molecule has 0 spiro atoms. The number of aliphatic imine (C=N–C) groups is 2. The highest BCUT2D eigenvalue weighted by atomic mass is 35.5. The molecule has 0 aliphatic rings. The van der Waals surface area contributed by atoms with Gasteiger partial charge in [0.25, 0.3) is 0 Å². The van der Waals surface area contributed by atoms with E-state index in [4.69, 9.17) is 33.2 Å². The van der Waals surface area contributed by atoms with Crippen LogP contribution in [0.3, 0.4) is 0 Å². The van der Waals surface area contributed by atoms with Crippen molar-refractivity contribution in [2.24, 2.45) is 9.98 Å². The minimum absolute atomic E-state index is 0.644. The Morgan fingerprint density at radius 2 is 0.906 bits per heavy atom. The third kappa shape index (κ3) is 5.16. The third-order valence-corrected chi connectivity index (χ3v) is 5.60. The molecule has 0 N–H and O–H groups in total. The number of halogens is 2. The molecule has 0 aliphatic heterocycles. The molecule has 0 unspecified atom stereocenters. The van der Waals surface area contributed by atoms with Crippen LogP contribution in [0.5, 0.6) is 0 Å². The summed E-state index contributed by atoms with van der Waals surface area (Å²) in [7, 11) is 0. The van der Waals surface area contributed by atoms with E-state index in [9.17, 15) is 0 Å². The Kier molecular flexibility index (Phi) is 6.84. The summed E-state index contributed by atoms with van der Waals surface area (Å²) in [5.74, 6) is 0. The van der Waals surface area contributed by atoms with E-state index in [0.29, 0.717) is 10.0 Å². The number of hydrogen-bond acceptors (Lipinski definition) is 2. The monoisotopic (exact) mass is 456 g/mol. The Bertz CT molecular complexity index is 1190. The van der Waals surface area contributed by atoms with Crippen molar-refractivity contribution >= 4 is 46.0 Å². The van der Waals surface area contributed by atoms with Crippen molar-refractivity contribution in [3.05, 3.63) is 129 Å². The maximum absolute atomic E-state index is 6.30. The van der Waals surface area contributed by atoms with Gasteiger partial charge in [-0.3, -0.25) is 0 Å². The van der Waals surface area contributed by atoms with Crippen LogP contribution < -0.4 is 0 Å². The molecule has 32 heavy (non-hydrogen) atoms. The first-order chi connectivity index (χ1) is 15.5. The molecule has 4 rings (SSSR count). The van der Waals surface area contributed by atoms with Gasteiger partial charge in [0.15, 0.2) is 0 Å². The van der Waals surface area contributed by atoms with Crippen LogP contribution in [-0.2, 0) is 0 Å². The predicted octanol–water partition coefficient (Wildman–Crippen LogP) is 8.55. The molecule has 158 valence electrons. The van der Waals surface area contributed by atoms with E-state index < -0.39 is 0 Å². The fourth-order valence-corrected chi connectivity index (χ4v) is 3.68. The highest BCUT2D eigenvalue weighted by Crippen LogP contribution is 2.28. The zero-order valence-corrected chi connectivity index (χ0v) is 19.4. The Balaban J connectivity index is 2.02. The molecule has 0 atom stereocenters. The summed E-state index contributed by atoms with van der Waals surface area (Å²) in [4.78, 5) is 10.2. The van der Waals surface area contributed by atoms with Gasteiger partial charge in [-0.25, -0.2) is 9.98 Å². The quantitative estimate of drug-likeness (QED) is 0.268. The second kappa shape index (κ2) is 9.95. The van der Waals surface area contributed by atoms with Gasteiger partial charge in [0.2, 0.25) is 0 Å². The maximum Gasteiger partial charge on any atom is 0.0972 e. The Morgan fingerprint density at radius 3 is 1.28 bits per heavy atom. The van der Waals surface area contributed by atoms with Crippen LogP contribution in [0.15, 0.2) is 107 Å². The fourth-order valence-electron chi connectivity index (χ4n) is 3.35. The van der Waals surface area contributed by atoms with Crippen LogP contribution in [0.2, 0.25) is 10.0 Å². The Morgan fingerprint density at radius 1 is 0.531 bits per heavy atom. The molecule has 0 radical (unpaired) electrons. The average molecular weight is 457 g/mol. The van der Waals surface area contributed by atoms with Crippen LogP contribution in [0.25, 0.3) is 0 Å². The van der Waals surface area contributed by atoms with Crippen molar-refractivity contribution in [3.8, 4) is 0 Å². The molecule has 0 amide bonds. The largest absolute Gasteiger partial charge is 0.246 e. The third-order valence-electron chi connectivity index (χ3n) is 5.13. The van der Waals surface area contributed by atoms with Crippen LogP contribution in [0.4, 0.5) is 11.4 Å². The number of aryl methyl sites for hydroxylation is 2. The summed E-state index contributed by atoms with van der Waals surface area (Å²) < 4.78 is 0. The van der Waals surface area contributed by atoms with Gasteiger partial charge >= 0.3 is 0 Å². The zero-order chi connectivity index (χ0) is 22.5. The molecule has 0 heterocycles. The summed E-state index contributed by atoms with van der Waals surface area (Å²) in [6.45, 7) is 4.05. The van der Waals surface area contributed by atoms with Crippen LogP contribution in [-0.4, -0.2) is 11.4 Å². The van der Waals surface area contributed by atoms with E-state index in [2.05, 4.69) is 0 Å². The number of rotatable bonds is 5. The van der Waals surface area contributed by atoms with Crippen LogP contribution in [0.1, 0.15) is 22.3 Å². The van der Waals surface area contributed by atoms with E-state index in [1.54, 1.807) is 0 Å². The topological polar surface area (TPSA) is 24.7 Å². The highest BCUT2D eigenvalue weighted by Gasteiger charge is 2.16. The summed E-state index contributed by atoms with van der Waals surface area (Å²) in [5, 5.41) is 1.29. The molecule has 4 aromatic rings. The SMILES string of the molecule is Cc1ccc(Cl)cc1N=C(C(=Nc1cc(Cl)ccc1C)c1ccccc1)c1ccccc1. The standard InChI is InChI=1S/C28H22Cl2N2/c1-19-13-15-23(29)17-25(19)31-27(21-9-5-3-6-10-21)28(22-11-7-4-8-12-22)32-26-18-24(30)16-14-20(26)2/h3-18H,1-2H3. The van der Waals surface area contributed by atoms with Crippen LogP contribution >= 0.6 is 23.2 Å². The fraction of sp³-hybridized carbons (Fsp3) is 0.0714. The lowest BCUT2D eigenvalue weighted by Gasteiger charge is -2.14. The molecular formula is C28H22Cl2N2. The number of nitrogens with zero attached hydrogens (tertiary/aromatic N) is 2. The summed E-state index contributed by atoms with van der Waals surface area (Å²) >= 11 is 12.6. The van der Waals surface area contributed by atoms with Gasteiger partial charge < -0.3 is 0 Å². The molecule has 2 nitrogen and oxygen atoms in total. The van der Waals surface area contributed by atoms with Crippen molar-refractivity contribution in [3.63, 3.8) is 0 Å². The minimum atomic E-state index is 0.644. The van der Waals surface area contributed by atoms with Gasteiger partial charge in [-0.2, -0.15) is 0 Å². The van der Waals surface area contributed by atoms with Gasteiger partial charge in [-0.1, -0.05) is 96.0 Å². The average Bonchev–Trinajstić information content (AvgIpc) is 2.81. The molecule has 0 saturated carbocycles. The van der Waals surface area contributed by atoms with Gasteiger partial charge in [0.1, 0.15) is 0 Å². The van der Waals surface area contributed by atoms with E-state index in [1.165, 1.54) is 0 Å². The van der Waals surface area contributed by atoms with Crippen molar-refractivity contribution in [1.29, 1.82) is 0 Å². The van der Waals surface area contributed by atoms with Crippen LogP contribution in [0, 0.1) is 13.8 Å². The molecule has 0 bridgehead atoms. The van der Waals surface area contributed by atoms with E-state index in [0.717, 1.165) is 45.1 Å². The van der Waals surface area contributed by atoms with Crippen molar-refractivity contribution in [2.45, 2.75) is 13.8 Å². The normalized spacial score (nSPS) is 12.1. The first kappa shape index (κ1) is 22.0. The molecule has 0 saturated heterocycles. The number of hydrogen-bond donors (Lipinski definition) is 0. The number of benzene rings is 4. The molecule has 4 aromatic carbocycles. The lowest BCUT2D eigenvalue weighted by atomic mass is 9.98. The molecule has 4 heteroatoms. The van der Waals surface area contributed by atoms with Gasteiger partial charge in [0.05, 0.1) is 22.8 Å². The van der Waals surface area contributed by atoms with Crippen molar-refractivity contribution in [1.82, 2.24) is 0 Å². The summed E-state index contributed by atoms with van der Waals surface area (Å²) in [6.07, 6.45) is 0. The molecule has 0 fully saturated rings. The van der Waals surface area contributed by atoms with E-state index in [1.807, 2.05) is 111 Å². The Hall–Kier alpha value is -3.20. The predicted molar refractivity (Wildman–Crippen MR) is 138 cm³/mol. The molecular weight excluding hydrogens is 435 g/mol. The Labute approximate surface area is 198 Å². The van der Waals surface area contributed by atoms with Crippen molar-refractivity contribution < 1.29 is 0 Å². The van der Waals surface area contributed by atoms with Gasteiger partial charge in [-0.05, 0) is 49.2 Å². The first-order valence-electron chi connectivity index (χ1n) is 10.3. The van der Waals surface area contributed by atoms with E-state index in [-0.39, 0.29) is 0 Å². The highest BCUT2D eigenvalue weighted by molar-refractivity contribution is 6.54. The van der Waals surface area contributed by atoms with E-state index >= 15 is 0 Å². The maximum atomic E-state index is 6.30.